The van der Waals surface area contributed by atoms with Crippen LogP contribution < -0.4 is 0 Å². The van der Waals surface area contributed by atoms with E-state index in [2.05, 4.69) is 9.89 Å². The highest BCUT2D eigenvalue weighted by Gasteiger charge is 2.04. The molecule has 1 aromatic rings. The third kappa shape index (κ3) is 3.39. The van der Waals surface area contributed by atoms with Gasteiger partial charge in [-0.1, -0.05) is 31.0 Å². The molecule has 1 aromatic carbocycles. The Morgan fingerprint density at radius 3 is 2.27 bits per heavy atom. The van der Waals surface area contributed by atoms with Crippen molar-refractivity contribution in [3.05, 3.63) is 30.3 Å². The third-order valence-electron chi connectivity index (χ3n) is 2.77. The second kappa shape index (κ2) is 5.54. The number of rotatable bonds is 2. The zero-order chi connectivity index (χ0) is 10.3. The SMILES string of the molecule is C(=Nc1ccccc1)N1CCCCCC1. The summed E-state index contributed by atoms with van der Waals surface area (Å²) in [6.45, 7) is 2.33. The van der Waals surface area contributed by atoms with E-state index in [1.807, 2.05) is 36.7 Å². The lowest BCUT2D eigenvalue weighted by Gasteiger charge is -2.15. The van der Waals surface area contributed by atoms with Gasteiger partial charge in [-0.3, -0.25) is 0 Å². The summed E-state index contributed by atoms with van der Waals surface area (Å²) in [6, 6.07) is 10.1. The Kier molecular flexibility index (Phi) is 3.77. The summed E-state index contributed by atoms with van der Waals surface area (Å²) < 4.78 is 0. The number of hydrogen-bond acceptors (Lipinski definition) is 1. The molecule has 0 unspecified atom stereocenters. The Morgan fingerprint density at radius 2 is 1.60 bits per heavy atom. The fraction of sp³-hybridized carbons (Fsp3) is 0.462. The van der Waals surface area contributed by atoms with Gasteiger partial charge in [-0.15, -0.1) is 0 Å². The minimum absolute atomic E-state index is 1.04. The van der Waals surface area contributed by atoms with E-state index >= 15 is 0 Å². The summed E-state index contributed by atoms with van der Waals surface area (Å²) in [5, 5.41) is 0. The molecule has 80 valence electrons. The monoisotopic (exact) mass is 202 g/mol. The second-order valence-corrected chi connectivity index (χ2v) is 4.03. The Morgan fingerprint density at radius 1 is 0.933 bits per heavy atom. The number of benzene rings is 1. The molecule has 0 amide bonds. The van der Waals surface area contributed by atoms with E-state index in [1.54, 1.807) is 0 Å². The first-order valence-corrected chi connectivity index (χ1v) is 5.78. The highest BCUT2D eigenvalue weighted by atomic mass is 15.1. The van der Waals surface area contributed by atoms with Gasteiger partial charge in [0.15, 0.2) is 0 Å². The molecule has 2 nitrogen and oxygen atoms in total. The molecule has 2 heteroatoms. The van der Waals surface area contributed by atoms with Gasteiger partial charge in [0, 0.05) is 13.1 Å². The molecule has 15 heavy (non-hydrogen) atoms. The van der Waals surface area contributed by atoms with Crippen molar-refractivity contribution in [1.82, 2.24) is 4.90 Å². The van der Waals surface area contributed by atoms with Gasteiger partial charge >= 0.3 is 0 Å². The zero-order valence-corrected chi connectivity index (χ0v) is 9.10. The molecule has 1 saturated heterocycles. The molecule has 1 aliphatic heterocycles. The minimum atomic E-state index is 1.04. The fourth-order valence-corrected chi connectivity index (χ4v) is 1.87. The van der Waals surface area contributed by atoms with Crippen LogP contribution in [0.1, 0.15) is 25.7 Å². The predicted molar refractivity (Wildman–Crippen MR) is 64.6 cm³/mol. The maximum absolute atomic E-state index is 4.47. The lowest BCUT2D eigenvalue weighted by Crippen LogP contribution is -2.22. The van der Waals surface area contributed by atoms with Crippen molar-refractivity contribution in [1.29, 1.82) is 0 Å². The lowest BCUT2D eigenvalue weighted by molar-refractivity contribution is 0.448. The van der Waals surface area contributed by atoms with E-state index in [1.165, 1.54) is 25.7 Å². The van der Waals surface area contributed by atoms with Gasteiger partial charge in [0.05, 0.1) is 12.0 Å². The first-order chi connectivity index (χ1) is 7.45. The molecule has 0 bridgehead atoms. The second-order valence-electron chi connectivity index (χ2n) is 4.03. The minimum Gasteiger partial charge on any atom is -0.363 e. The van der Waals surface area contributed by atoms with Crippen molar-refractivity contribution in [3.63, 3.8) is 0 Å². The summed E-state index contributed by atoms with van der Waals surface area (Å²) in [7, 11) is 0. The van der Waals surface area contributed by atoms with Crippen LogP contribution in [-0.4, -0.2) is 24.3 Å². The van der Waals surface area contributed by atoms with Gasteiger partial charge < -0.3 is 4.90 Å². The van der Waals surface area contributed by atoms with E-state index in [-0.39, 0.29) is 0 Å². The van der Waals surface area contributed by atoms with Crippen LogP contribution in [0.4, 0.5) is 5.69 Å². The zero-order valence-electron chi connectivity index (χ0n) is 9.10. The maximum atomic E-state index is 4.47. The first-order valence-electron chi connectivity index (χ1n) is 5.78. The van der Waals surface area contributed by atoms with Crippen LogP contribution in [0, 0.1) is 0 Å². The molecule has 1 aliphatic rings. The summed E-state index contributed by atoms with van der Waals surface area (Å²) in [6.07, 6.45) is 7.35. The summed E-state index contributed by atoms with van der Waals surface area (Å²) in [5.41, 5.74) is 1.04. The van der Waals surface area contributed by atoms with Crippen molar-refractivity contribution < 1.29 is 0 Å². The van der Waals surface area contributed by atoms with Gasteiger partial charge in [-0.25, -0.2) is 4.99 Å². The summed E-state index contributed by atoms with van der Waals surface area (Å²) in [5.74, 6) is 0. The van der Waals surface area contributed by atoms with Crippen molar-refractivity contribution in [2.45, 2.75) is 25.7 Å². The van der Waals surface area contributed by atoms with Crippen LogP contribution in [0.15, 0.2) is 35.3 Å². The molecular weight excluding hydrogens is 184 g/mol. The van der Waals surface area contributed by atoms with Gasteiger partial charge in [-0.2, -0.15) is 0 Å². The van der Waals surface area contributed by atoms with Crippen LogP contribution >= 0.6 is 0 Å². The number of likely N-dealkylation sites (tertiary alicyclic amines) is 1. The van der Waals surface area contributed by atoms with Crippen LogP contribution in [0.25, 0.3) is 0 Å². The normalized spacial score (nSPS) is 18.0. The molecule has 0 spiro atoms. The topological polar surface area (TPSA) is 15.6 Å². The van der Waals surface area contributed by atoms with Gasteiger partial charge in [0.1, 0.15) is 0 Å². The smallest absolute Gasteiger partial charge is 0.0912 e. The standard InChI is InChI=1S/C13H18N2/c1-2-7-11-15(10-6-1)12-14-13-8-4-3-5-9-13/h3-5,8-9,12H,1-2,6-7,10-11H2. The third-order valence-corrected chi connectivity index (χ3v) is 2.77. The van der Waals surface area contributed by atoms with Crippen molar-refractivity contribution in [3.8, 4) is 0 Å². The molecule has 0 N–H and O–H groups in total. The maximum Gasteiger partial charge on any atom is 0.0912 e. The number of hydrogen-bond donors (Lipinski definition) is 0. The Balaban J connectivity index is 1.92. The van der Waals surface area contributed by atoms with Crippen molar-refractivity contribution in [2.24, 2.45) is 4.99 Å². The Hall–Kier alpha value is -1.31. The average Bonchev–Trinajstić information content (AvgIpc) is 2.56. The predicted octanol–water partition coefficient (Wildman–Crippen LogP) is 3.22. The molecule has 0 saturated carbocycles. The molecule has 2 rings (SSSR count). The fourth-order valence-electron chi connectivity index (χ4n) is 1.87. The van der Waals surface area contributed by atoms with E-state index in [9.17, 15) is 0 Å². The summed E-state index contributed by atoms with van der Waals surface area (Å²) >= 11 is 0. The van der Waals surface area contributed by atoms with Gasteiger partial charge in [0.25, 0.3) is 0 Å². The van der Waals surface area contributed by atoms with Crippen LogP contribution in [-0.2, 0) is 0 Å². The van der Waals surface area contributed by atoms with E-state index in [0.717, 1.165) is 18.8 Å². The van der Waals surface area contributed by atoms with E-state index in [4.69, 9.17) is 0 Å². The lowest BCUT2D eigenvalue weighted by atomic mass is 10.2. The number of aliphatic imine (C=N–C) groups is 1. The molecule has 1 fully saturated rings. The molecule has 0 atom stereocenters. The molecule has 0 aliphatic carbocycles. The largest absolute Gasteiger partial charge is 0.363 e. The van der Waals surface area contributed by atoms with Crippen molar-refractivity contribution in [2.75, 3.05) is 13.1 Å². The van der Waals surface area contributed by atoms with E-state index < -0.39 is 0 Å². The number of nitrogens with zero attached hydrogens (tertiary/aromatic N) is 2. The average molecular weight is 202 g/mol. The van der Waals surface area contributed by atoms with Gasteiger partial charge in [-0.05, 0) is 25.0 Å². The Bertz CT molecular complexity index is 298. The van der Waals surface area contributed by atoms with Crippen LogP contribution in [0.5, 0.6) is 0 Å². The summed E-state index contributed by atoms with van der Waals surface area (Å²) in [4.78, 5) is 6.81. The highest BCUT2D eigenvalue weighted by Crippen LogP contribution is 2.11. The van der Waals surface area contributed by atoms with Crippen LogP contribution in [0.2, 0.25) is 0 Å². The van der Waals surface area contributed by atoms with E-state index in [0.29, 0.717) is 0 Å². The molecule has 0 radical (unpaired) electrons. The number of para-hydroxylation sites is 1. The quantitative estimate of drug-likeness (QED) is 0.531. The Labute approximate surface area is 91.6 Å². The highest BCUT2D eigenvalue weighted by molar-refractivity contribution is 5.61. The van der Waals surface area contributed by atoms with Gasteiger partial charge in [0.2, 0.25) is 0 Å². The van der Waals surface area contributed by atoms with Crippen LogP contribution in [0.3, 0.4) is 0 Å². The van der Waals surface area contributed by atoms with Crippen molar-refractivity contribution >= 4 is 12.0 Å². The molecule has 1 heterocycles. The molecule has 0 aromatic heterocycles. The molecular formula is C13H18N2. The first kappa shape index (κ1) is 10.2.